The monoisotopic (exact) mass is 398 g/mol. The second kappa shape index (κ2) is 6.82. The number of carbonyl (C=O) groups excluding carboxylic acids is 1. The van der Waals surface area contributed by atoms with Gasteiger partial charge in [-0.25, -0.2) is 9.97 Å². The molecular weight excluding hydrogens is 376 g/mol. The van der Waals surface area contributed by atoms with Crippen LogP contribution in [0, 0.1) is 6.92 Å². The maximum atomic E-state index is 13.1. The Kier molecular flexibility index (Phi) is 4.28. The van der Waals surface area contributed by atoms with E-state index >= 15 is 0 Å². The molecule has 0 bridgehead atoms. The molecule has 2 aliphatic heterocycles. The summed E-state index contributed by atoms with van der Waals surface area (Å²) in [6.45, 7) is 5.00. The van der Waals surface area contributed by atoms with E-state index in [1.807, 2.05) is 18.9 Å². The first kappa shape index (κ1) is 17.6. The van der Waals surface area contributed by atoms with Crippen molar-refractivity contribution in [2.24, 2.45) is 7.05 Å². The van der Waals surface area contributed by atoms with Crippen molar-refractivity contribution in [3.63, 3.8) is 0 Å². The number of carbonyl (C=O) groups is 1. The number of fused-ring (bicyclic) bond motifs is 2. The Balaban J connectivity index is 1.38. The average molecular weight is 398 g/mol. The van der Waals surface area contributed by atoms with E-state index in [2.05, 4.69) is 31.4 Å². The zero-order chi connectivity index (χ0) is 19.3. The highest BCUT2D eigenvalue weighted by Gasteiger charge is 2.33. The second-order valence-electron chi connectivity index (χ2n) is 7.28. The molecule has 1 amide bonds. The lowest BCUT2D eigenvalue weighted by Crippen LogP contribution is -2.52. The molecule has 2 aliphatic rings. The summed E-state index contributed by atoms with van der Waals surface area (Å²) in [5, 5.41) is 7.33. The molecule has 146 valence electrons. The molecule has 1 unspecified atom stereocenters. The highest BCUT2D eigenvalue weighted by Crippen LogP contribution is 2.27. The van der Waals surface area contributed by atoms with Gasteiger partial charge in [0.15, 0.2) is 11.8 Å². The molecular formula is C19H22N6O2S. The van der Waals surface area contributed by atoms with E-state index in [1.165, 1.54) is 10.4 Å². The Morgan fingerprint density at radius 2 is 2.21 bits per heavy atom. The molecule has 8 nitrogen and oxygen atoms in total. The Hall–Kier alpha value is -2.52. The lowest BCUT2D eigenvalue weighted by atomic mass is 10.1. The molecule has 5 rings (SSSR count). The number of aromatic nitrogens is 4. The van der Waals surface area contributed by atoms with Crippen LogP contribution in [0.2, 0.25) is 0 Å². The quantitative estimate of drug-likeness (QED) is 0.652. The molecule has 3 aromatic rings. The van der Waals surface area contributed by atoms with E-state index in [-0.39, 0.29) is 5.91 Å². The van der Waals surface area contributed by atoms with E-state index in [1.54, 1.807) is 22.2 Å². The Bertz CT molecular complexity index is 1040. The minimum absolute atomic E-state index is 0.0646. The zero-order valence-electron chi connectivity index (χ0n) is 16.0. The van der Waals surface area contributed by atoms with Crippen molar-refractivity contribution >= 4 is 34.1 Å². The van der Waals surface area contributed by atoms with Crippen LogP contribution in [0.1, 0.15) is 16.3 Å². The van der Waals surface area contributed by atoms with Gasteiger partial charge in [0.2, 0.25) is 0 Å². The summed E-state index contributed by atoms with van der Waals surface area (Å²) in [4.78, 5) is 27.7. The molecule has 5 heterocycles. The fourth-order valence-corrected chi connectivity index (χ4v) is 4.88. The van der Waals surface area contributed by atoms with Gasteiger partial charge in [-0.2, -0.15) is 5.10 Å². The van der Waals surface area contributed by atoms with Crippen LogP contribution in [0.25, 0.3) is 11.0 Å². The molecule has 1 atom stereocenters. The van der Waals surface area contributed by atoms with Crippen molar-refractivity contribution in [3.05, 3.63) is 33.9 Å². The predicted octanol–water partition coefficient (Wildman–Crippen LogP) is 1.52. The maximum Gasteiger partial charge on any atom is 0.253 e. The number of amides is 1. The molecule has 28 heavy (non-hydrogen) atoms. The van der Waals surface area contributed by atoms with Gasteiger partial charge >= 0.3 is 0 Å². The van der Waals surface area contributed by atoms with Crippen molar-refractivity contribution in [2.45, 2.75) is 26.0 Å². The summed E-state index contributed by atoms with van der Waals surface area (Å²) in [7, 11) is 1.87. The van der Waals surface area contributed by atoms with Crippen LogP contribution in [0.4, 0.5) is 5.82 Å². The third-order valence-electron chi connectivity index (χ3n) is 5.44. The Labute approximate surface area is 166 Å². The standard InChI is InChI=1S/C19H22N6O2S/c1-12-21-17-14(9-20-23(17)2)18(22-12)24-6-7-27-15(11-24)19(26)25-5-3-16-13(10-25)4-8-28-16/h4,8-9,15H,3,5-7,10-11H2,1-2H3. The fourth-order valence-electron chi connectivity index (χ4n) is 3.99. The lowest BCUT2D eigenvalue weighted by Gasteiger charge is -2.36. The smallest absolute Gasteiger partial charge is 0.253 e. The topological polar surface area (TPSA) is 76.4 Å². The highest BCUT2D eigenvalue weighted by atomic mass is 32.1. The van der Waals surface area contributed by atoms with E-state index < -0.39 is 6.10 Å². The Morgan fingerprint density at radius 3 is 3.11 bits per heavy atom. The van der Waals surface area contributed by atoms with Crippen molar-refractivity contribution < 1.29 is 9.53 Å². The Morgan fingerprint density at radius 1 is 1.32 bits per heavy atom. The van der Waals surface area contributed by atoms with Gasteiger partial charge in [0.05, 0.1) is 24.7 Å². The van der Waals surface area contributed by atoms with Gasteiger partial charge < -0.3 is 14.5 Å². The van der Waals surface area contributed by atoms with Crippen molar-refractivity contribution in [3.8, 4) is 0 Å². The third-order valence-corrected chi connectivity index (χ3v) is 6.47. The molecule has 0 N–H and O–H groups in total. The number of anilines is 1. The summed E-state index contributed by atoms with van der Waals surface area (Å²) in [5.41, 5.74) is 2.07. The number of nitrogens with zero attached hydrogens (tertiary/aromatic N) is 6. The average Bonchev–Trinajstić information content (AvgIpc) is 3.33. The van der Waals surface area contributed by atoms with Gasteiger partial charge in [-0.15, -0.1) is 11.3 Å². The first-order chi connectivity index (χ1) is 13.6. The normalized spacial score (nSPS) is 19.9. The van der Waals surface area contributed by atoms with E-state index in [0.29, 0.717) is 32.1 Å². The number of ether oxygens (including phenoxy) is 1. The van der Waals surface area contributed by atoms with Gasteiger partial charge in [0.25, 0.3) is 5.91 Å². The van der Waals surface area contributed by atoms with Gasteiger partial charge in [-0.1, -0.05) is 0 Å². The lowest BCUT2D eigenvalue weighted by molar-refractivity contribution is -0.145. The highest BCUT2D eigenvalue weighted by molar-refractivity contribution is 7.10. The largest absolute Gasteiger partial charge is 0.365 e. The van der Waals surface area contributed by atoms with Crippen LogP contribution in [-0.4, -0.2) is 62.9 Å². The van der Waals surface area contributed by atoms with Crippen LogP contribution >= 0.6 is 11.3 Å². The predicted molar refractivity (Wildman–Crippen MR) is 106 cm³/mol. The summed E-state index contributed by atoms with van der Waals surface area (Å²) >= 11 is 1.78. The summed E-state index contributed by atoms with van der Waals surface area (Å²) in [6, 6.07) is 2.12. The van der Waals surface area contributed by atoms with Gasteiger partial charge in [-0.05, 0) is 30.4 Å². The fraction of sp³-hybridized carbons (Fsp3) is 0.474. The SMILES string of the molecule is Cc1nc(N2CCOC(C(=O)N3CCc4sccc4C3)C2)c2cnn(C)c2n1. The number of aryl methyl sites for hydroxylation is 2. The number of hydrogen-bond donors (Lipinski definition) is 0. The van der Waals surface area contributed by atoms with E-state index in [0.717, 1.165) is 29.8 Å². The maximum absolute atomic E-state index is 13.1. The van der Waals surface area contributed by atoms with Crippen molar-refractivity contribution in [1.82, 2.24) is 24.6 Å². The van der Waals surface area contributed by atoms with Gasteiger partial charge in [-0.3, -0.25) is 9.48 Å². The van der Waals surface area contributed by atoms with Crippen molar-refractivity contribution in [1.29, 1.82) is 0 Å². The molecule has 0 radical (unpaired) electrons. The van der Waals surface area contributed by atoms with Crippen LogP contribution in [-0.2, 0) is 29.5 Å². The van der Waals surface area contributed by atoms with E-state index in [4.69, 9.17) is 4.74 Å². The number of morpholine rings is 1. The number of thiophene rings is 1. The summed E-state index contributed by atoms with van der Waals surface area (Å²) in [6.07, 6.45) is 2.24. The first-order valence-corrected chi connectivity index (χ1v) is 10.3. The zero-order valence-corrected chi connectivity index (χ0v) is 16.8. The molecule has 3 aromatic heterocycles. The number of rotatable bonds is 2. The molecule has 0 saturated carbocycles. The summed E-state index contributed by atoms with van der Waals surface area (Å²) in [5.74, 6) is 1.59. The molecule has 1 fully saturated rings. The molecule has 0 aromatic carbocycles. The third kappa shape index (κ3) is 2.94. The first-order valence-electron chi connectivity index (χ1n) is 9.47. The minimum atomic E-state index is -0.476. The summed E-state index contributed by atoms with van der Waals surface area (Å²) < 4.78 is 7.62. The van der Waals surface area contributed by atoms with Crippen LogP contribution in [0.15, 0.2) is 17.6 Å². The second-order valence-corrected chi connectivity index (χ2v) is 8.28. The van der Waals surface area contributed by atoms with Gasteiger partial charge in [0.1, 0.15) is 11.6 Å². The van der Waals surface area contributed by atoms with Crippen LogP contribution < -0.4 is 4.90 Å². The van der Waals surface area contributed by atoms with E-state index in [9.17, 15) is 4.79 Å². The molecule has 0 aliphatic carbocycles. The van der Waals surface area contributed by atoms with Crippen LogP contribution in [0.5, 0.6) is 0 Å². The van der Waals surface area contributed by atoms with Crippen molar-refractivity contribution in [2.75, 3.05) is 31.1 Å². The molecule has 0 spiro atoms. The number of hydrogen-bond acceptors (Lipinski definition) is 7. The molecule has 1 saturated heterocycles. The van der Waals surface area contributed by atoms with Crippen LogP contribution in [0.3, 0.4) is 0 Å². The minimum Gasteiger partial charge on any atom is -0.365 e. The molecule has 9 heteroatoms. The van der Waals surface area contributed by atoms with Gasteiger partial charge in [0, 0.05) is 31.6 Å².